The van der Waals surface area contributed by atoms with Gasteiger partial charge in [-0.25, -0.2) is 0 Å². The first-order valence-electron chi connectivity index (χ1n) is 9.05. The summed E-state index contributed by atoms with van der Waals surface area (Å²) < 4.78 is 5.45. The number of nitrogens with one attached hydrogen (secondary N) is 1. The van der Waals surface area contributed by atoms with Gasteiger partial charge in [-0.2, -0.15) is 0 Å². The van der Waals surface area contributed by atoms with Crippen LogP contribution in [0.25, 0.3) is 0 Å². The van der Waals surface area contributed by atoms with E-state index in [0.29, 0.717) is 23.2 Å². The zero-order valence-corrected chi connectivity index (χ0v) is 15.8. The maximum Gasteiger partial charge on any atom is 0.257 e. The van der Waals surface area contributed by atoms with Crippen molar-refractivity contribution in [3.05, 3.63) is 64.7 Å². The third kappa shape index (κ3) is 4.99. The van der Waals surface area contributed by atoms with E-state index in [2.05, 4.69) is 41.4 Å². The first-order chi connectivity index (χ1) is 12.6. The maximum atomic E-state index is 11.9. The van der Waals surface area contributed by atoms with Crippen LogP contribution >= 0.6 is 11.6 Å². The van der Waals surface area contributed by atoms with Gasteiger partial charge in [0.25, 0.3) is 5.91 Å². The van der Waals surface area contributed by atoms with Crippen molar-refractivity contribution in [3.8, 4) is 5.75 Å². The Morgan fingerprint density at radius 3 is 2.81 bits per heavy atom. The van der Waals surface area contributed by atoms with Crippen molar-refractivity contribution < 1.29 is 9.53 Å². The highest BCUT2D eigenvalue weighted by Gasteiger charge is 2.24. The third-order valence-electron chi connectivity index (χ3n) is 4.85. The van der Waals surface area contributed by atoms with Crippen LogP contribution in [0.5, 0.6) is 5.75 Å². The molecule has 26 heavy (non-hydrogen) atoms. The molecule has 1 aliphatic heterocycles. The number of amides is 1. The number of nitrogens with zero attached hydrogens (tertiary/aromatic N) is 1. The Bertz CT molecular complexity index is 750. The molecule has 1 atom stereocenters. The number of para-hydroxylation sites is 1. The van der Waals surface area contributed by atoms with Gasteiger partial charge in [0.1, 0.15) is 5.75 Å². The van der Waals surface area contributed by atoms with E-state index in [4.69, 9.17) is 16.3 Å². The van der Waals surface area contributed by atoms with Crippen LogP contribution in [0.4, 0.5) is 0 Å². The van der Waals surface area contributed by atoms with Crippen molar-refractivity contribution in [2.45, 2.75) is 19.3 Å². The molecule has 2 aromatic rings. The number of aryl methyl sites for hydroxylation is 1. The Labute approximate surface area is 160 Å². The first kappa shape index (κ1) is 18.7. The molecule has 4 nitrogen and oxygen atoms in total. The Balaban J connectivity index is 1.37. The van der Waals surface area contributed by atoms with E-state index >= 15 is 0 Å². The van der Waals surface area contributed by atoms with Gasteiger partial charge in [-0.1, -0.05) is 48.0 Å². The molecular formula is C21H25ClN2O2. The van der Waals surface area contributed by atoms with E-state index in [1.165, 1.54) is 17.5 Å². The van der Waals surface area contributed by atoms with Crippen molar-refractivity contribution in [3.63, 3.8) is 0 Å². The summed E-state index contributed by atoms with van der Waals surface area (Å²) in [5.74, 6) is 1.000. The molecule has 1 fully saturated rings. The van der Waals surface area contributed by atoms with Crippen molar-refractivity contribution in [2.24, 2.45) is 0 Å². The average Bonchev–Trinajstić information content (AvgIpc) is 3.10. The lowest BCUT2D eigenvalue weighted by atomic mass is 9.94. The summed E-state index contributed by atoms with van der Waals surface area (Å²) in [6.45, 7) is 5.78. The summed E-state index contributed by atoms with van der Waals surface area (Å²) in [7, 11) is 0. The highest BCUT2D eigenvalue weighted by molar-refractivity contribution is 6.32. The Kier molecular flexibility index (Phi) is 6.53. The summed E-state index contributed by atoms with van der Waals surface area (Å²) >= 11 is 6.01. The topological polar surface area (TPSA) is 41.6 Å². The molecule has 0 bridgehead atoms. The Hall–Kier alpha value is -2.04. The van der Waals surface area contributed by atoms with Gasteiger partial charge in [-0.05, 0) is 49.1 Å². The molecule has 138 valence electrons. The van der Waals surface area contributed by atoms with Gasteiger partial charge < -0.3 is 15.0 Å². The second-order valence-electron chi connectivity index (χ2n) is 6.71. The molecule has 0 aliphatic carbocycles. The molecule has 0 aromatic heterocycles. The molecule has 1 saturated heterocycles. The molecular weight excluding hydrogens is 348 g/mol. The zero-order chi connectivity index (χ0) is 18.4. The minimum atomic E-state index is -0.125. The van der Waals surface area contributed by atoms with Crippen molar-refractivity contribution >= 4 is 17.5 Å². The second kappa shape index (κ2) is 9.06. The van der Waals surface area contributed by atoms with E-state index in [-0.39, 0.29) is 12.5 Å². The molecule has 1 amide bonds. The normalized spacial score (nSPS) is 17.2. The minimum absolute atomic E-state index is 0.0183. The number of benzene rings is 2. The smallest absolute Gasteiger partial charge is 0.257 e. The van der Waals surface area contributed by atoms with Gasteiger partial charge in [-0.3, -0.25) is 4.79 Å². The van der Waals surface area contributed by atoms with E-state index in [1.807, 2.05) is 12.1 Å². The lowest BCUT2D eigenvalue weighted by Gasteiger charge is -2.17. The maximum absolute atomic E-state index is 11.9. The first-order valence-corrected chi connectivity index (χ1v) is 9.43. The molecule has 1 N–H and O–H groups in total. The predicted molar refractivity (Wildman–Crippen MR) is 105 cm³/mol. The molecule has 5 heteroatoms. The van der Waals surface area contributed by atoms with Gasteiger partial charge in [0.05, 0.1) is 5.02 Å². The highest BCUT2D eigenvalue weighted by Crippen LogP contribution is 2.28. The molecule has 0 spiro atoms. The number of halogens is 1. The van der Waals surface area contributed by atoms with E-state index in [9.17, 15) is 4.79 Å². The fraction of sp³-hybridized carbons (Fsp3) is 0.381. The van der Waals surface area contributed by atoms with Gasteiger partial charge >= 0.3 is 0 Å². The molecule has 0 radical (unpaired) electrons. The van der Waals surface area contributed by atoms with Crippen LogP contribution in [-0.2, 0) is 4.79 Å². The lowest BCUT2D eigenvalue weighted by Crippen LogP contribution is -2.36. The molecule has 0 saturated carbocycles. The van der Waals surface area contributed by atoms with Gasteiger partial charge in [0, 0.05) is 19.6 Å². The Morgan fingerprint density at radius 2 is 2.00 bits per heavy atom. The number of hydrogen-bond donors (Lipinski definition) is 1. The van der Waals surface area contributed by atoms with Crippen LogP contribution < -0.4 is 10.1 Å². The number of rotatable bonds is 7. The number of carbonyl (C=O) groups excluding carboxylic acids is 1. The van der Waals surface area contributed by atoms with Crippen LogP contribution in [0.3, 0.4) is 0 Å². The van der Waals surface area contributed by atoms with Crippen LogP contribution in [0.1, 0.15) is 23.5 Å². The highest BCUT2D eigenvalue weighted by atomic mass is 35.5. The number of ether oxygens (including phenoxy) is 1. The number of likely N-dealkylation sites (tertiary alicyclic amines) is 1. The van der Waals surface area contributed by atoms with Crippen LogP contribution in [0.2, 0.25) is 5.02 Å². The van der Waals surface area contributed by atoms with Crippen molar-refractivity contribution in [1.82, 2.24) is 10.2 Å². The van der Waals surface area contributed by atoms with E-state index in [0.717, 1.165) is 19.6 Å². The average molecular weight is 373 g/mol. The minimum Gasteiger partial charge on any atom is -0.482 e. The monoisotopic (exact) mass is 372 g/mol. The second-order valence-corrected chi connectivity index (χ2v) is 7.12. The zero-order valence-electron chi connectivity index (χ0n) is 15.1. The van der Waals surface area contributed by atoms with Gasteiger partial charge in [0.15, 0.2) is 6.61 Å². The molecule has 0 unspecified atom stereocenters. The SMILES string of the molecule is Cc1ccccc1[C@@H]1CCN(CCNC(=O)COc2ccccc2Cl)C1. The van der Waals surface area contributed by atoms with Gasteiger partial charge in [0.2, 0.25) is 0 Å². The quantitative estimate of drug-likeness (QED) is 0.806. The van der Waals surface area contributed by atoms with Crippen molar-refractivity contribution in [1.29, 1.82) is 0 Å². The van der Waals surface area contributed by atoms with Crippen LogP contribution in [0.15, 0.2) is 48.5 Å². The summed E-state index contributed by atoms with van der Waals surface area (Å²) in [5, 5.41) is 3.43. The number of carbonyl (C=O) groups is 1. The lowest BCUT2D eigenvalue weighted by molar-refractivity contribution is -0.123. The summed E-state index contributed by atoms with van der Waals surface area (Å²) in [4.78, 5) is 14.3. The molecule has 3 rings (SSSR count). The fourth-order valence-electron chi connectivity index (χ4n) is 3.44. The van der Waals surface area contributed by atoms with Gasteiger partial charge in [-0.15, -0.1) is 0 Å². The predicted octanol–water partition coefficient (Wildman–Crippen LogP) is 3.63. The van der Waals surface area contributed by atoms with Crippen LogP contribution in [-0.4, -0.2) is 43.6 Å². The number of hydrogen-bond acceptors (Lipinski definition) is 3. The summed E-state index contributed by atoms with van der Waals surface area (Å²) in [6.07, 6.45) is 1.18. The van der Waals surface area contributed by atoms with Crippen molar-refractivity contribution in [2.75, 3.05) is 32.8 Å². The molecule has 1 heterocycles. The largest absolute Gasteiger partial charge is 0.482 e. The molecule has 2 aromatic carbocycles. The van der Waals surface area contributed by atoms with E-state index in [1.54, 1.807) is 12.1 Å². The molecule has 1 aliphatic rings. The summed E-state index contributed by atoms with van der Waals surface area (Å²) in [6, 6.07) is 15.8. The standard InChI is InChI=1S/C21H25ClN2O2/c1-16-6-2-3-7-18(16)17-10-12-24(14-17)13-11-23-21(25)15-26-20-9-5-4-8-19(20)22/h2-9,17H,10-15H2,1H3,(H,23,25)/t17-/m1/s1. The summed E-state index contributed by atoms with van der Waals surface area (Å²) in [5.41, 5.74) is 2.82. The van der Waals surface area contributed by atoms with Crippen LogP contribution in [0, 0.1) is 6.92 Å². The third-order valence-corrected chi connectivity index (χ3v) is 5.16. The fourth-order valence-corrected chi connectivity index (χ4v) is 3.63. The Morgan fingerprint density at radius 1 is 1.23 bits per heavy atom. The van der Waals surface area contributed by atoms with E-state index < -0.39 is 0 Å².